The SMILES string of the molecule is CCOc1ccc(Br)cc1NC1CCCCC1COC(=O)NCCc1c[nH]c2ccc(C)cc12. The molecular formula is C27H34BrN3O3. The highest BCUT2D eigenvalue weighted by Crippen LogP contribution is 2.33. The molecule has 6 nitrogen and oxygen atoms in total. The maximum absolute atomic E-state index is 12.4. The molecular weight excluding hydrogens is 494 g/mol. The van der Waals surface area contributed by atoms with Crippen molar-refractivity contribution in [2.45, 2.75) is 52.0 Å². The van der Waals surface area contributed by atoms with Crippen LogP contribution in [0, 0.1) is 12.8 Å². The van der Waals surface area contributed by atoms with Gasteiger partial charge in [0.05, 0.1) is 18.9 Å². The van der Waals surface area contributed by atoms with Crippen molar-refractivity contribution < 1.29 is 14.3 Å². The summed E-state index contributed by atoms with van der Waals surface area (Å²) in [5.74, 6) is 1.12. The van der Waals surface area contributed by atoms with E-state index in [2.05, 4.69) is 62.7 Å². The van der Waals surface area contributed by atoms with Crippen molar-refractivity contribution in [1.82, 2.24) is 10.3 Å². The van der Waals surface area contributed by atoms with E-state index in [-0.39, 0.29) is 18.1 Å². The Morgan fingerprint density at radius 3 is 2.88 bits per heavy atom. The Kier molecular flexibility index (Phi) is 8.38. The van der Waals surface area contributed by atoms with E-state index in [1.54, 1.807) is 0 Å². The van der Waals surface area contributed by atoms with Gasteiger partial charge in [0.2, 0.25) is 0 Å². The zero-order chi connectivity index (χ0) is 23.9. The van der Waals surface area contributed by atoms with E-state index < -0.39 is 0 Å². The maximum atomic E-state index is 12.4. The zero-order valence-corrected chi connectivity index (χ0v) is 21.5. The molecule has 0 aliphatic heterocycles. The van der Waals surface area contributed by atoms with Crippen LogP contribution in [0.3, 0.4) is 0 Å². The number of ether oxygens (including phenoxy) is 2. The monoisotopic (exact) mass is 527 g/mol. The third-order valence-corrected chi connectivity index (χ3v) is 7.00. The van der Waals surface area contributed by atoms with Gasteiger partial charge in [-0.2, -0.15) is 0 Å². The molecule has 4 rings (SSSR count). The summed E-state index contributed by atoms with van der Waals surface area (Å²) < 4.78 is 12.4. The van der Waals surface area contributed by atoms with Crippen LogP contribution in [0.5, 0.6) is 5.75 Å². The normalized spacial score (nSPS) is 18.0. The molecule has 1 fully saturated rings. The summed E-state index contributed by atoms with van der Waals surface area (Å²) in [6.07, 6.45) is 6.85. The number of hydrogen-bond donors (Lipinski definition) is 3. The Balaban J connectivity index is 1.28. The van der Waals surface area contributed by atoms with Gasteiger partial charge in [0.25, 0.3) is 0 Å². The minimum atomic E-state index is -0.349. The second-order valence-electron chi connectivity index (χ2n) is 9.01. The number of fused-ring (bicyclic) bond motifs is 1. The molecule has 34 heavy (non-hydrogen) atoms. The summed E-state index contributed by atoms with van der Waals surface area (Å²) in [5, 5.41) is 7.79. The molecule has 1 aliphatic carbocycles. The molecule has 2 aromatic carbocycles. The third kappa shape index (κ3) is 6.26. The number of aromatic amines is 1. The van der Waals surface area contributed by atoms with Gasteiger partial charge in [-0.3, -0.25) is 0 Å². The van der Waals surface area contributed by atoms with Crippen molar-refractivity contribution >= 4 is 38.6 Å². The van der Waals surface area contributed by atoms with E-state index in [1.165, 1.54) is 22.9 Å². The molecule has 1 saturated carbocycles. The number of aromatic nitrogens is 1. The lowest BCUT2D eigenvalue weighted by atomic mass is 9.85. The second kappa shape index (κ2) is 11.6. The van der Waals surface area contributed by atoms with Gasteiger partial charge in [-0.1, -0.05) is 40.4 Å². The van der Waals surface area contributed by atoms with E-state index in [0.717, 1.165) is 47.1 Å². The summed E-state index contributed by atoms with van der Waals surface area (Å²) >= 11 is 3.56. The predicted octanol–water partition coefficient (Wildman–Crippen LogP) is 6.58. The van der Waals surface area contributed by atoms with Crippen LogP contribution in [-0.2, 0) is 11.2 Å². The summed E-state index contributed by atoms with van der Waals surface area (Å²) in [6, 6.07) is 12.6. The van der Waals surface area contributed by atoms with Gasteiger partial charge in [-0.05, 0) is 69.0 Å². The largest absolute Gasteiger partial charge is 0.492 e. The molecule has 3 aromatic rings. The van der Waals surface area contributed by atoms with Crippen LogP contribution in [0.1, 0.15) is 43.7 Å². The fourth-order valence-electron chi connectivity index (χ4n) is 4.73. The minimum Gasteiger partial charge on any atom is -0.492 e. The van der Waals surface area contributed by atoms with Crippen molar-refractivity contribution in [2.24, 2.45) is 5.92 Å². The first-order valence-corrected chi connectivity index (χ1v) is 13.0. The van der Waals surface area contributed by atoms with E-state index in [0.29, 0.717) is 19.8 Å². The highest BCUT2D eigenvalue weighted by Gasteiger charge is 2.27. The van der Waals surface area contributed by atoms with E-state index in [4.69, 9.17) is 9.47 Å². The quantitative estimate of drug-likeness (QED) is 0.293. The van der Waals surface area contributed by atoms with Crippen LogP contribution in [-0.4, -0.2) is 36.9 Å². The van der Waals surface area contributed by atoms with Gasteiger partial charge in [-0.25, -0.2) is 4.79 Å². The Hall–Kier alpha value is -2.67. The summed E-state index contributed by atoms with van der Waals surface area (Å²) in [7, 11) is 0. The summed E-state index contributed by atoms with van der Waals surface area (Å²) in [6.45, 7) is 5.65. The summed E-state index contributed by atoms with van der Waals surface area (Å²) in [5.41, 5.74) is 4.53. The number of rotatable bonds is 9. The maximum Gasteiger partial charge on any atom is 0.407 e. The molecule has 1 amide bonds. The molecule has 0 radical (unpaired) electrons. The number of benzene rings is 2. The zero-order valence-electron chi connectivity index (χ0n) is 20.0. The number of carbonyl (C=O) groups is 1. The van der Waals surface area contributed by atoms with Gasteiger partial charge < -0.3 is 25.1 Å². The molecule has 2 atom stereocenters. The number of carbonyl (C=O) groups excluding carboxylic acids is 1. The average molecular weight is 528 g/mol. The third-order valence-electron chi connectivity index (χ3n) is 6.51. The number of halogens is 1. The van der Waals surface area contributed by atoms with E-state index in [1.807, 2.05) is 25.3 Å². The topological polar surface area (TPSA) is 75.4 Å². The Bertz CT molecular complexity index is 1110. The lowest BCUT2D eigenvalue weighted by Crippen LogP contribution is -2.37. The Labute approximate surface area is 209 Å². The standard InChI is InChI=1S/C27H34BrN3O3/c1-3-33-26-11-9-21(28)15-25(26)31-23-7-5-4-6-20(23)17-34-27(32)29-13-12-19-16-30-24-10-8-18(2)14-22(19)24/h8-11,14-16,20,23,30-31H,3-7,12-13,17H2,1-2H3,(H,29,32). The Morgan fingerprint density at radius 2 is 2.03 bits per heavy atom. The van der Waals surface area contributed by atoms with Gasteiger partial charge in [0.15, 0.2) is 0 Å². The number of alkyl carbamates (subject to hydrolysis) is 1. The minimum absolute atomic E-state index is 0.240. The lowest BCUT2D eigenvalue weighted by Gasteiger charge is -2.33. The number of amides is 1. The van der Waals surface area contributed by atoms with Crippen molar-refractivity contribution in [3.05, 3.63) is 58.2 Å². The average Bonchev–Trinajstić information content (AvgIpc) is 3.22. The number of anilines is 1. The molecule has 1 heterocycles. The number of aryl methyl sites for hydroxylation is 1. The fourth-order valence-corrected chi connectivity index (χ4v) is 5.09. The first-order valence-electron chi connectivity index (χ1n) is 12.2. The van der Waals surface area contributed by atoms with Crippen LogP contribution in [0.15, 0.2) is 47.1 Å². The summed E-state index contributed by atoms with van der Waals surface area (Å²) in [4.78, 5) is 15.7. The molecule has 3 N–H and O–H groups in total. The van der Waals surface area contributed by atoms with Crippen LogP contribution >= 0.6 is 15.9 Å². The molecule has 7 heteroatoms. The predicted molar refractivity (Wildman–Crippen MR) is 141 cm³/mol. The van der Waals surface area contributed by atoms with Crippen molar-refractivity contribution in [3.8, 4) is 5.75 Å². The highest BCUT2D eigenvalue weighted by atomic mass is 79.9. The van der Waals surface area contributed by atoms with Crippen molar-refractivity contribution in [1.29, 1.82) is 0 Å². The van der Waals surface area contributed by atoms with Crippen LogP contribution in [0.2, 0.25) is 0 Å². The van der Waals surface area contributed by atoms with Gasteiger partial charge in [0, 0.05) is 40.1 Å². The molecule has 2 unspecified atom stereocenters. The second-order valence-corrected chi connectivity index (χ2v) is 9.92. The fraction of sp³-hybridized carbons (Fsp3) is 0.444. The molecule has 0 bridgehead atoms. The number of hydrogen-bond acceptors (Lipinski definition) is 4. The van der Waals surface area contributed by atoms with Gasteiger partial charge in [-0.15, -0.1) is 0 Å². The molecule has 0 saturated heterocycles. The van der Waals surface area contributed by atoms with Crippen molar-refractivity contribution in [2.75, 3.05) is 25.1 Å². The van der Waals surface area contributed by atoms with Crippen molar-refractivity contribution in [3.63, 3.8) is 0 Å². The molecule has 1 aliphatic rings. The number of H-pyrrole nitrogens is 1. The van der Waals surface area contributed by atoms with E-state index in [9.17, 15) is 4.79 Å². The van der Waals surface area contributed by atoms with Crippen LogP contribution < -0.4 is 15.4 Å². The number of nitrogens with one attached hydrogen (secondary N) is 3. The van der Waals surface area contributed by atoms with Crippen LogP contribution in [0.25, 0.3) is 10.9 Å². The van der Waals surface area contributed by atoms with Gasteiger partial charge >= 0.3 is 6.09 Å². The first kappa shape index (κ1) is 24.5. The first-order chi connectivity index (χ1) is 16.5. The van der Waals surface area contributed by atoms with Gasteiger partial charge in [0.1, 0.15) is 5.75 Å². The lowest BCUT2D eigenvalue weighted by molar-refractivity contribution is 0.112. The van der Waals surface area contributed by atoms with E-state index >= 15 is 0 Å². The molecule has 1 aromatic heterocycles. The molecule has 0 spiro atoms. The van der Waals surface area contributed by atoms with Crippen LogP contribution in [0.4, 0.5) is 10.5 Å². The Morgan fingerprint density at radius 1 is 1.18 bits per heavy atom. The molecule has 182 valence electrons. The smallest absolute Gasteiger partial charge is 0.407 e. The highest BCUT2D eigenvalue weighted by molar-refractivity contribution is 9.10.